The van der Waals surface area contributed by atoms with Crippen molar-refractivity contribution in [1.82, 2.24) is 14.2 Å². The van der Waals surface area contributed by atoms with Gasteiger partial charge in [-0.3, -0.25) is 0 Å². The normalized spacial score (nSPS) is 12.9. The van der Waals surface area contributed by atoms with Gasteiger partial charge in [0.2, 0.25) is 5.95 Å². The summed E-state index contributed by atoms with van der Waals surface area (Å²) in [6, 6.07) is 0. The minimum atomic E-state index is -1.80. The Hall–Kier alpha value is -0.956. The Morgan fingerprint density at radius 2 is 1.56 bits per heavy atom. The van der Waals surface area contributed by atoms with Gasteiger partial charge >= 0.3 is 5.69 Å². The van der Waals surface area contributed by atoms with Crippen molar-refractivity contribution in [3.8, 4) is 0 Å². The molecule has 0 fully saturated rings. The highest BCUT2D eigenvalue weighted by molar-refractivity contribution is 6.89. The Bertz CT molecular complexity index is 456. The van der Waals surface area contributed by atoms with E-state index in [0.717, 1.165) is 5.45 Å². The molecule has 0 aliphatic carbocycles. The SMILES string of the molecule is C[Si](C)(C)c1nc(N)nc(=O)n1[Si](C)(C)C. The van der Waals surface area contributed by atoms with Gasteiger partial charge in [-0.1, -0.05) is 39.3 Å². The lowest BCUT2D eigenvalue weighted by Crippen LogP contribution is -2.59. The first-order chi connectivity index (χ1) is 7.03. The summed E-state index contributed by atoms with van der Waals surface area (Å²) in [5, 5.41) is 0. The number of rotatable bonds is 2. The van der Waals surface area contributed by atoms with E-state index >= 15 is 0 Å². The number of nitrogens with two attached hydrogens (primary N) is 1. The largest absolute Gasteiger partial charge is 0.368 e. The van der Waals surface area contributed by atoms with Crippen molar-refractivity contribution in [2.75, 3.05) is 5.73 Å². The van der Waals surface area contributed by atoms with Crippen molar-refractivity contribution >= 4 is 27.7 Å². The van der Waals surface area contributed by atoms with Crippen LogP contribution in [0.15, 0.2) is 4.79 Å². The number of hydrogen-bond donors (Lipinski definition) is 1. The van der Waals surface area contributed by atoms with E-state index in [1.807, 2.05) is 0 Å². The molecule has 5 nitrogen and oxygen atoms in total. The summed E-state index contributed by atoms with van der Waals surface area (Å²) in [5.41, 5.74) is 6.19. The van der Waals surface area contributed by atoms with E-state index in [1.165, 1.54) is 0 Å². The minimum Gasteiger partial charge on any atom is -0.368 e. The summed E-state index contributed by atoms with van der Waals surface area (Å²) in [5.74, 6) is 0.0944. The van der Waals surface area contributed by atoms with Crippen molar-refractivity contribution in [2.45, 2.75) is 39.3 Å². The van der Waals surface area contributed by atoms with E-state index in [2.05, 4.69) is 49.3 Å². The van der Waals surface area contributed by atoms with Crippen LogP contribution >= 0.6 is 0 Å². The van der Waals surface area contributed by atoms with Crippen LogP contribution in [0.2, 0.25) is 39.3 Å². The van der Waals surface area contributed by atoms with Crippen LogP contribution in [0.3, 0.4) is 0 Å². The minimum absolute atomic E-state index is 0.0944. The number of aromatic nitrogens is 3. The molecule has 2 N–H and O–H groups in total. The van der Waals surface area contributed by atoms with Gasteiger partial charge in [0.1, 0.15) is 8.07 Å². The van der Waals surface area contributed by atoms with Gasteiger partial charge in [-0.05, 0) is 0 Å². The van der Waals surface area contributed by atoms with Gasteiger partial charge in [0.15, 0.2) is 8.24 Å². The van der Waals surface area contributed by atoms with E-state index in [-0.39, 0.29) is 11.6 Å². The molecule has 0 atom stereocenters. The second kappa shape index (κ2) is 3.81. The zero-order chi connectivity index (χ0) is 12.7. The first kappa shape index (κ1) is 13.1. The summed E-state index contributed by atoms with van der Waals surface area (Å²) in [7, 11) is -3.48. The van der Waals surface area contributed by atoms with Crippen molar-refractivity contribution in [3.63, 3.8) is 0 Å². The van der Waals surface area contributed by atoms with Gasteiger partial charge in [0, 0.05) is 0 Å². The number of nitrogens with zero attached hydrogens (tertiary/aromatic N) is 3. The van der Waals surface area contributed by atoms with Gasteiger partial charge < -0.3 is 9.97 Å². The van der Waals surface area contributed by atoms with E-state index in [9.17, 15) is 4.79 Å². The van der Waals surface area contributed by atoms with E-state index in [0.29, 0.717) is 0 Å². The number of anilines is 1. The Kier molecular flexibility index (Phi) is 3.12. The summed E-state index contributed by atoms with van der Waals surface area (Å²) < 4.78 is 1.80. The molecule has 0 radical (unpaired) electrons. The topological polar surface area (TPSA) is 73.8 Å². The second-order valence-corrected chi connectivity index (χ2v) is 15.7. The fraction of sp³-hybridized carbons (Fsp3) is 0.667. The highest BCUT2D eigenvalue weighted by Crippen LogP contribution is 2.06. The molecule has 0 saturated heterocycles. The van der Waals surface area contributed by atoms with Gasteiger partial charge in [-0.15, -0.1) is 0 Å². The molecule has 0 bridgehead atoms. The van der Waals surface area contributed by atoms with Gasteiger partial charge in [-0.2, -0.15) is 4.98 Å². The quantitative estimate of drug-likeness (QED) is 0.780. The highest BCUT2D eigenvalue weighted by atomic mass is 28.3. The van der Waals surface area contributed by atoms with Crippen LogP contribution in [0, 0.1) is 0 Å². The molecule has 0 unspecified atom stereocenters. The molecular formula is C9H20N4OSi2. The van der Waals surface area contributed by atoms with Crippen molar-refractivity contribution in [2.24, 2.45) is 0 Å². The predicted molar refractivity (Wildman–Crippen MR) is 72.4 cm³/mol. The van der Waals surface area contributed by atoms with Crippen LogP contribution in [-0.2, 0) is 0 Å². The van der Waals surface area contributed by atoms with Crippen LogP contribution in [0.1, 0.15) is 0 Å². The third kappa shape index (κ3) is 2.59. The third-order valence-electron chi connectivity index (χ3n) is 2.18. The maximum absolute atomic E-state index is 11.9. The van der Waals surface area contributed by atoms with E-state index < -0.39 is 16.3 Å². The Morgan fingerprint density at radius 1 is 1.06 bits per heavy atom. The molecular weight excluding hydrogens is 236 g/mol. The van der Waals surface area contributed by atoms with Gasteiger partial charge in [-0.25, -0.2) is 9.78 Å². The van der Waals surface area contributed by atoms with E-state index in [4.69, 9.17) is 5.73 Å². The summed E-state index contributed by atoms with van der Waals surface area (Å²) in [6.07, 6.45) is 0. The lowest BCUT2D eigenvalue weighted by atomic mass is 10.9. The monoisotopic (exact) mass is 256 g/mol. The fourth-order valence-electron chi connectivity index (χ4n) is 1.53. The standard InChI is InChI=1S/C9H20N4OSi2/c1-15(2,3)9-12-7(10)11-8(14)13(9)16(4,5)6/h1-6H3,(H2,10,11,14). The Morgan fingerprint density at radius 3 is 1.94 bits per heavy atom. The fourth-order valence-corrected chi connectivity index (χ4v) is 6.07. The Labute approximate surface area is 97.8 Å². The van der Waals surface area contributed by atoms with E-state index in [1.54, 1.807) is 4.23 Å². The maximum Gasteiger partial charge on any atom is 0.343 e. The maximum atomic E-state index is 11.9. The second-order valence-electron chi connectivity index (χ2n) is 5.94. The first-order valence-electron chi connectivity index (χ1n) is 5.31. The van der Waals surface area contributed by atoms with Gasteiger partial charge in [0.05, 0.1) is 5.45 Å². The average molecular weight is 256 g/mol. The lowest BCUT2D eigenvalue weighted by molar-refractivity contribution is 0.936. The molecule has 7 heteroatoms. The summed E-state index contributed by atoms with van der Waals surface area (Å²) >= 11 is 0. The molecule has 0 amide bonds. The molecule has 0 aliphatic heterocycles. The summed E-state index contributed by atoms with van der Waals surface area (Å²) in [4.78, 5) is 20.0. The predicted octanol–water partition coefficient (Wildman–Crippen LogP) is 0.449. The molecule has 1 rings (SSSR count). The van der Waals surface area contributed by atoms with Crippen molar-refractivity contribution < 1.29 is 0 Å². The Balaban J connectivity index is 3.65. The summed E-state index contributed by atoms with van der Waals surface area (Å²) in [6.45, 7) is 12.8. The molecule has 16 heavy (non-hydrogen) atoms. The van der Waals surface area contributed by atoms with Crippen LogP contribution in [0.5, 0.6) is 0 Å². The van der Waals surface area contributed by atoms with Crippen LogP contribution in [-0.4, -0.2) is 30.5 Å². The van der Waals surface area contributed by atoms with Crippen LogP contribution < -0.4 is 16.9 Å². The number of hydrogen-bond acceptors (Lipinski definition) is 4. The van der Waals surface area contributed by atoms with Crippen LogP contribution in [0.4, 0.5) is 5.95 Å². The molecule has 0 aliphatic rings. The number of nitrogen functional groups attached to an aromatic ring is 1. The van der Waals surface area contributed by atoms with Crippen molar-refractivity contribution in [1.29, 1.82) is 0 Å². The molecule has 90 valence electrons. The zero-order valence-electron chi connectivity index (χ0n) is 10.8. The third-order valence-corrected chi connectivity index (χ3v) is 5.82. The molecule has 0 spiro atoms. The smallest absolute Gasteiger partial charge is 0.343 e. The van der Waals surface area contributed by atoms with Gasteiger partial charge in [0.25, 0.3) is 0 Å². The molecule has 1 heterocycles. The van der Waals surface area contributed by atoms with Crippen LogP contribution in [0.25, 0.3) is 0 Å². The highest BCUT2D eigenvalue weighted by Gasteiger charge is 2.30. The van der Waals surface area contributed by atoms with Crippen molar-refractivity contribution in [3.05, 3.63) is 10.5 Å². The molecule has 0 aromatic carbocycles. The lowest BCUT2D eigenvalue weighted by Gasteiger charge is -2.28. The molecule has 1 aromatic rings. The molecule has 1 aromatic heterocycles. The zero-order valence-corrected chi connectivity index (χ0v) is 12.8. The molecule has 0 saturated carbocycles. The average Bonchev–Trinajstić information content (AvgIpc) is 1.97. The first-order valence-corrected chi connectivity index (χ1v) is 12.3.